The number of hydrogen-bond acceptors (Lipinski definition) is 4. The largest absolute Gasteiger partial charge is 0.398 e. The monoisotopic (exact) mass is 310 g/mol. The van der Waals surface area contributed by atoms with Gasteiger partial charge in [-0.05, 0) is 18.6 Å². The summed E-state index contributed by atoms with van der Waals surface area (Å²) in [6, 6.07) is 2.67. The summed E-state index contributed by atoms with van der Waals surface area (Å²) in [5.41, 5.74) is 5.68. The molecule has 8 heteroatoms. The molecular formula is C10H12Cl2N2O3S. The summed E-state index contributed by atoms with van der Waals surface area (Å²) in [4.78, 5) is -0.150. The van der Waals surface area contributed by atoms with Crippen molar-refractivity contribution >= 4 is 38.9 Å². The average Bonchev–Trinajstić information content (AvgIpc) is 2.63. The van der Waals surface area contributed by atoms with Crippen LogP contribution in [0.1, 0.15) is 6.42 Å². The van der Waals surface area contributed by atoms with Crippen LogP contribution in [0, 0.1) is 0 Å². The second-order valence-electron chi connectivity index (χ2n) is 4.11. The number of sulfonamides is 1. The summed E-state index contributed by atoms with van der Waals surface area (Å²) >= 11 is 11.6. The van der Waals surface area contributed by atoms with Crippen molar-refractivity contribution in [2.24, 2.45) is 0 Å². The van der Waals surface area contributed by atoms with Crippen molar-refractivity contribution in [1.82, 2.24) is 4.31 Å². The summed E-state index contributed by atoms with van der Waals surface area (Å²) in [5, 5.41) is 9.66. The zero-order chi connectivity index (χ0) is 13.5. The molecule has 1 aliphatic heterocycles. The molecule has 100 valence electrons. The molecule has 18 heavy (non-hydrogen) atoms. The Balaban J connectivity index is 2.48. The predicted molar refractivity (Wildman–Crippen MR) is 70.3 cm³/mol. The molecule has 1 saturated heterocycles. The highest BCUT2D eigenvalue weighted by molar-refractivity contribution is 7.89. The Morgan fingerprint density at radius 3 is 2.56 bits per heavy atom. The van der Waals surface area contributed by atoms with Crippen molar-refractivity contribution in [1.29, 1.82) is 0 Å². The third-order valence-corrected chi connectivity index (χ3v) is 5.37. The Kier molecular flexibility index (Phi) is 3.75. The molecule has 0 radical (unpaired) electrons. The predicted octanol–water partition coefficient (Wildman–Crippen LogP) is 1.33. The molecule has 0 aromatic heterocycles. The van der Waals surface area contributed by atoms with Gasteiger partial charge >= 0.3 is 0 Å². The van der Waals surface area contributed by atoms with Gasteiger partial charge in [-0.2, -0.15) is 4.31 Å². The van der Waals surface area contributed by atoms with Crippen molar-refractivity contribution in [2.75, 3.05) is 18.8 Å². The topological polar surface area (TPSA) is 83.6 Å². The van der Waals surface area contributed by atoms with Crippen LogP contribution in [0.15, 0.2) is 17.0 Å². The van der Waals surface area contributed by atoms with E-state index in [1.807, 2.05) is 0 Å². The molecule has 3 N–H and O–H groups in total. The first-order valence-electron chi connectivity index (χ1n) is 5.25. The molecule has 1 fully saturated rings. The van der Waals surface area contributed by atoms with Gasteiger partial charge in [0, 0.05) is 18.1 Å². The number of halogens is 2. The first kappa shape index (κ1) is 13.9. The minimum atomic E-state index is -3.79. The number of nitrogens with two attached hydrogens (primary N) is 1. The minimum Gasteiger partial charge on any atom is -0.398 e. The van der Waals surface area contributed by atoms with Crippen molar-refractivity contribution in [3.8, 4) is 0 Å². The van der Waals surface area contributed by atoms with Gasteiger partial charge in [0.25, 0.3) is 0 Å². The van der Waals surface area contributed by atoms with E-state index in [4.69, 9.17) is 28.9 Å². The highest BCUT2D eigenvalue weighted by Gasteiger charge is 2.34. The molecule has 0 spiro atoms. The van der Waals surface area contributed by atoms with Crippen LogP contribution < -0.4 is 5.73 Å². The number of aliphatic hydroxyl groups excluding tert-OH is 1. The summed E-state index contributed by atoms with van der Waals surface area (Å²) in [7, 11) is -3.79. The van der Waals surface area contributed by atoms with Crippen LogP contribution in [-0.2, 0) is 10.0 Å². The van der Waals surface area contributed by atoms with Crippen LogP contribution in [0.25, 0.3) is 0 Å². The zero-order valence-corrected chi connectivity index (χ0v) is 11.6. The zero-order valence-electron chi connectivity index (χ0n) is 9.31. The van der Waals surface area contributed by atoms with E-state index in [1.165, 1.54) is 16.4 Å². The molecule has 0 amide bonds. The SMILES string of the molecule is Nc1cc(Cl)cc(Cl)c1S(=O)(=O)N1CCC(O)C1. The van der Waals surface area contributed by atoms with Crippen molar-refractivity contribution in [3.05, 3.63) is 22.2 Å². The fourth-order valence-corrected chi connectivity index (χ4v) is 4.35. The smallest absolute Gasteiger partial charge is 0.246 e. The van der Waals surface area contributed by atoms with Gasteiger partial charge in [0.05, 0.1) is 16.8 Å². The van der Waals surface area contributed by atoms with E-state index in [0.717, 1.165) is 0 Å². The summed E-state index contributed by atoms with van der Waals surface area (Å²) in [5.74, 6) is 0. The van der Waals surface area contributed by atoms with E-state index in [-0.39, 0.29) is 33.7 Å². The van der Waals surface area contributed by atoms with Crippen LogP contribution in [0.5, 0.6) is 0 Å². The third-order valence-electron chi connectivity index (χ3n) is 2.76. The first-order valence-corrected chi connectivity index (χ1v) is 7.44. The second kappa shape index (κ2) is 4.86. The Morgan fingerprint density at radius 1 is 1.39 bits per heavy atom. The van der Waals surface area contributed by atoms with Gasteiger partial charge in [-0.25, -0.2) is 8.42 Å². The standard InChI is InChI=1S/C10H12Cl2N2O3S/c11-6-3-8(12)10(9(13)4-6)18(16,17)14-2-1-7(15)5-14/h3-4,7,15H,1-2,5,13H2. The number of aliphatic hydroxyl groups is 1. The maximum atomic E-state index is 12.3. The molecule has 1 aromatic carbocycles. The normalized spacial score (nSPS) is 21.4. The highest BCUT2D eigenvalue weighted by atomic mass is 35.5. The quantitative estimate of drug-likeness (QED) is 0.807. The third kappa shape index (κ3) is 2.44. The molecular weight excluding hydrogens is 299 g/mol. The minimum absolute atomic E-state index is 0.00823. The lowest BCUT2D eigenvalue weighted by molar-refractivity contribution is 0.189. The van der Waals surface area contributed by atoms with E-state index in [2.05, 4.69) is 0 Å². The molecule has 1 atom stereocenters. The number of rotatable bonds is 2. The van der Waals surface area contributed by atoms with E-state index in [1.54, 1.807) is 0 Å². The Hall–Kier alpha value is -0.530. The fraction of sp³-hybridized carbons (Fsp3) is 0.400. The Morgan fingerprint density at radius 2 is 2.06 bits per heavy atom. The summed E-state index contributed by atoms with van der Waals surface area (Å²) in [6.07, 6.45) is -0.239. The van der Waals surface area contributed by atoms with E-state index in [9.17, 15) is 13.5 Å². The van der Waals surface area contributed by atoms with Crippen LogP contribution in [0.4, 0.5) is 5.69 Å². The molecule has 0 bridgehead atoms. The molecule has 0 aliphatic carbocycles. The number of hydrogen-bond donors (Lipinski definition) is 2. The maximum absolute atomic E-state index is 12.3. The number of nitrogens with zero attached hydrogens (tertiary/aromatic N) is 1. The summed E-state index contributed by atoms with van der Waals surface area (Å²) < 4.78 is 25.9. The van der Waals surface area contributed by atoms with E-state index < -0.39 is 16.1 Å². The van der Waals surface area contributed by atoms with Gasteiger partial charge in [-0.1, -0.05) is 23.2 Å². The molecule has 1 aliphatic rings. The molecule has 5 nitrogen and oxygen atoms in total. The number of benzene rings is 1. The van der Waals surface area contributed by atoms with Gasteiger partial charge in [0.1, 0.15) is 4.90 Å². The van der Waals surface area contributed by atoms with Crippen molar-refractivity contribution in [2.45, 2.75) is 17.4 Å². The van der Waals surface area contributed by atoms with E-state index in [0.29, 0.717) is 6.42 Å². The lowest BCUT2D eigenvalue weighted by Crippen LogP contribution is -2.30. The summed E-state index contributed by atoms with van der Waals surface area (Å²) in [6.45, 7) is 0.308. The Bertz CT molecular complexity index is 553. The number of anilines is 1. The molecule has 0 saturated carbocycles. The van der Waals surface area contributed by atoms with Crippen LogP contribution in [0.2, 0.25) is 10.0 Å². The molecule has 1 heterocycles. The second-order valence-corrected chi connectivity index (χ2v) is 6.83. The molecule has 2 rings (SSSR count). The van der Waals surface area contributed by atoms with Crippen molar-refractivity contribution in [3.63, 3.8) is 0 Å². The lowest BCUT2D eigenvalue weighted by atomic mass is 10.3. The van der Waals surface area contributed by atoms with Gasteiger partial charge in [-0.15, -0.1) is 0 Å². The van der Waals surface area contributed by atoms with Gasteiger partial charge < -0.3 is 10.8 Å². The molecule has 1 aromatic rings. The number of nitrogen functional groups attached to an aromatic ring is 1. The van der Waals surface area contributed by atoms with Crippen LogP contribution >= 0.6 is 23.2 Å². The van der Waals surface area contributed by atoms with Gasteiger partial charge in [-0.3, -0.25) is 0 Å². The maximum Gasteiger partial charge on any atom is 0.246 e. The van der Waals surface area contributed by atoms with Gasteiger partial charge in [0.2, 0.25) is 10.0 Å². The average molecular weight is 311 g/mol. The Labute approximate surface area is 115 Å². The lowest BCUT2D eigenvalue weighted by Gasteiger charge is -2.18. The highest BCUT2D eigenvalue weighted by Crippen LogP contribution is 2.34. The van der Waals surface area contributed by atoms with Crippen LogP contribution in [0.3, 0.4) is 0 Å². The van der Waals surface area contributed by atoms with E-state index >= 15 is 0 Å². The number of β-amino-alcohol motifs (C(OH)–C–C–N with tert-alkyl or cyclic N) is 1. The fourth-order valence-electron chi connectivity index (χ4n) is 1.91. The molecule has 1 unspecified atom stereocenters. The first-order chi connectivity index (χ1) is 8.32. The van der Waals surface area contributed by atoms with Crippen molar-refractivity contribution < 1.29 is 13.5 Å². The van der Waals surface area contributed by atoms with Crippen LogP contribution in [-0.4, -0.2) is 37.0 Å². The van der Waals surface area contributed by atoms with Gasteiger partial charge in [0.15, 0.2) is 0 Å².